The van der Waals surface area contributed by atoms with Crippen LogP contribution in [0.2, 0.25) is 5.02 Å². The first-order chi connectivity index (χ1) is 26.7. The summed E-state index contributed by atoms with van der Waals surface area (Å²) in [6.45, 7) is 4.98. The van der Waals surface area contributed by atoms with Gasteiger partial charge in [-0.3, -0.25) is 9.59 Å². The maximum atomic E-state index is 15.2. The second kappa shape index (κ2) is 14.1. The zero-order chi connectivity index (χ0) is 39.7. The number of benzene rings is 3. The molecule has 3 saturated carbocycles. The van der Waals surface area contributed by atoms with E-state index in [0.29, 0.717) is 49.3 Å². The van der Waals surface area contributed by atoms with E-state index < -0.39 is 33.8 Å². The summed E-state index contributed by atoms with van der Waals surface area (Å²) < 4.78 is 26.2. The van der Waals surface area contributed by atoms with Gasteiger partial charge in [-0.2, -0.15) is 0 Å². The van der Waals surface area contributed by atoms with Gasteiger partial charge in [-0.05, 0) is 97.6 Å². The number of nitrogens with zero attached hydrogens (tertiary/aromatic N) is 1. The molecule has 3 aromatic rings. The quantitative estimate of drug-likeness (QED) is 0.190. The average molecular weight is 782 g/mol. The predicted molar refractivity (Wildman–Crippen MR) is 214 cm³/mol. The van der Waals surface area contributed by atoms with Gasteiger partial charge in [0.05, 0.1) is 38.9 Å². The number of amides is 1. The minimum atomic E-state index is -1.26. The van der Waals surface area contributed by atoms with Crippen molar-refractivity contribution >= 4 is 23.3 Å². The molecule has 9 heteroatoms. The fourth-order valence-corrected chi connectivity index (χ4v) is 12.5. The molecule has 7 nitrogen and oxygen atoms in total. The number of ketones is 1. The van der Waals surface area contributed by atoms with E-state index in [1.165, 1.54) is 6.07 Å². The van der Waals surface area contributed by atoms with E-state index in [0.717, 1.165) is 30.4 Å². The first-order valence-electron chi connectivity index (χ1n) is 20.1. The van der Waals surface area contributed by atoms with Gasteiger partial charge in [-0.1, -0.05) is 86.1 Å². The van der Waals surface area contributed by atoms with Gasteiger partial charge in [0.15, 0.2) is 17.3 Å². The molecular weight excluding hydrogens is 729 g/mol. The van der Waals surface area contributed by atoms with Crippen LogP contribution < -0.4 is 9.47 Å². The number of allylic oxidation sites excluding steroid dienone is 4. The van der Waals surface area contributed by atoms with Crippen molar-refractivity contribution in [2.75, 3.05) is 20.8 Å². The van der Waals surface area contributed by atoms with Crippen LogP contribution in [0.5, 0.6) is 11.5 Å². The average Bonchev–Trinajstić information content (AvgIpc) is 3.45. The van der Waals surface area contributed by atoms with Gasteiger partial charge in [0.1, 0.15) is 5.82 Å². The van der Waals surface area contributed by atoms with E-state index in [2.05, 4.69) is 32.1 Å². The van der Waals surface area contributed by atoms with Crippen molar-refractivity contribution in [3.63, 3.8) is 0 Å². The Balaban J connectivity index is 1.17. The molecule has 2 N–H and O–H groups in total. The van der Waals surface area contributed by atoms with Crippen LogP contribution in [0.1, 0.15) is 75.5 Å². The molecule has 6 aliphatic rings. The summed E-state index contributed by atoms with van der Waals surface area (Å²) >= 11 is 6.50. The largest absolute Gasteiger partial charge is 0.493 e. The molecule has 1 amide bonds. The summed E-state index contributed by atoms with van der Waals surface area (Å²) in [5, 5.41) is 24.4. The number of hydrogen-bond acceptors (Lipinski definition) is 6. The molecule has 0 aliphatic heterocycles. The monoisotopic (exact) mass is 781 g/mol. The van der Waals surface area contributed by atoms with Crippen LogP contribution in [0.15, 0.2) is 90.5 Å². The zero-order valence-electron chi connectivity index (χ0n) is 32.8. The Morgan fingerprint density at radius 3 is 2.30 bits per heavy atom. The molecule has 8 unspecified atom stereocenters. The van der Waals surface area contributed by atoms with E-state index in [9.17, 15) is 19.8 Å². The van der Waals surface area contributed by atoms with Crippen LogP contribution in [0, 0.1) is 39.3 Å². The van der Waals surface area contributed by atoms with Crippen molar-refractivity contribution in [3.8, 4) is 11.5 Å². The Bertz CT molecular complexity index is 2080. The summed E-state index contributed by atoms with van der Waals surface area (Å²) in [7, 11) is 3.15. The topological polar surface area (TPSA) is 96.3 Å². The van der Waals surface area contributed by atoms with Crippen LogP contribution in [-0.2, 0) is 29.0 Å². The van der Waals surface area contributed by atoms with Crippen molar-refractivity contribution in [2.24, 2.45) is 33.5 Å². The number of carbonyl (C=O) groups excluding carboxylic acids is 2. The maximum absolute atomic E-state index is 15.2. The van der Waals surface area contributed by atoms with Crippen LogP contribution in [-0.4, -0.2) is 59.3 Å². The minimum absolute atomic E-state index is 0.0834. The molecule has 0 heterocycles. The number of aliphatic hydroxyl groups excluding tert-OH is 1. The molecule has 9 rings (SSSR count). The van der Waals surface area contributed by atoms with Crippen LogP contribution in [0.25, 0.3) is 0 Å². The number of Topliss-reactive ketones (excluding diaryl/α,β-unsaturated/α-hetero) is 1. The molecule has 0 saturated heterocycles. The van der Waals surface area contributed by atoms with Gasteiger partial charge in [0.2, 0.25) is 5.91 Å². The van der Waals surface area contributed by atoms with Crippen molar-refractivity contribution in [1.82, 2.24) is 4.90 Å². The Hall–Kier alpha value is -3.98. The Kier molecular flexibility index (Phi) is 9.81. The summed E-state index contributed by atoms with van der Waals surface area (Å²) in [6, 6.07) is 19.8. The van der Waals surface area contributed by atoms with E-state index in [1.54, 1.807) is 37.3 Å². The summed E-state index contributed by atoms with van der Waals surface area (Å²) in [4.78, 5) is 31.1. The highest BCUT2D eigenvalue weighted by Gasteiger charge is 2.74. The molecule has 296 valence electrons. The maximum Gasteiger partial charge on any atom is 0.227 e. The van der Waals surface area contributed by atoms with E-state index in [4.69, 9.17) is 21.1 Å². The number of hydrogen-bond donors (Lipinski definition) is 2. The number of aliphatic hydroxyl groups is 2. The summed E-state index contributed by atoms with van der Waals surface area (Å²) in [5.41, 5.74) is -0.749. The standard InChI is InChI=1S/C47H53ClFNO6/c1-43-18-15-32(51)26-45(43)21-22-47(34(27-45)37(52)25-33-35(48)11-8-12-36(33)49)40(43)16-19-44(2)41(47)17-20-46(44,54)29-50(28-30-9-6-5-7-10-30)42(53)24-31-13-14-38(55-3)39(23-31)56-4/h5-14,21-23,27,32,40-41,51,54H,15-20,24-26,28-29H2,1-4H3. The lowest BCUT2D eigenvalue weighted by molar-refractivity contribution is -0.181. The van der Waals surface area contributed by atoms with Gasteiger partial charge in [0.25, 0.3) is 0 Å². The number of rotatable bonds is 11. The first-order valence-corrected chi connectivity index (χ1v) is 20.4. The molecule has 56 heavy (non-hydrogen) atoms. The van der Waals surface area contributed by atoms with Crippen molar-refractivity contribution in [3.05, 3.63) is 118 Å². The molecule has 3 fully saturated rings. The Labute approximate surface area is 334 Å². The SMILES string of the molecule is COc1ccc(CC(=O)N(Cc2ccccc2)CC2(O)CCC3C45C=CC6(C=C4C(=O)Cc4c(F)cccc4Cl)CC(O)CCC6(C)C5CCC32C)cc1OC. The Morgan fingerprint density at radius 1 is 0.857 bits per heavy atom. The molecule has 2 spiro atoms. The summed E-state index contributed by atoms with van der Waals surface area (Å²) in [6.07, 6.45) is 10.8. The molecule has 0 aromatic heterocycles. The highest BCUT2D eigenvalue weighted by molar-refractivity contribution is 6.31. The second-order valence-corrected chi connectivity index (χ2v) is 18.1. The highest BCUT2D eigenvalue weighted by atomic mass is 35.5. The molecule has 6 aliphatic carbocycles. The number of ether oxygens (including phenoxy) is 2. The van der Waals surface area contributed by atoms with E-state index >= 15 is 4.39 Å². The van der Waals surface area contributed by atoms with Crippen LogP contribution >= 0.6 is 11.6 Å². The smallest absolute Gasteiger partial charge is 0.227 e. The van der Waals surface area contributed by atoms with E-state index in [1.807, 2.05) is 42.5 Å². The first kappa shape index (κ1) is 38.9. The van der Waals surface area contributed by atoms with Gasteiger partial charge < -0.3 is 24.6 Å². The number of methoxy groups -OCH3 is 2. The Morgan fingerprint density at radius 2 is 1.57 bits per heavy atom. The third kappa shape index (κ3) is 5.88. The van der Waals surface area contributed by atoms with Crippen LogP contribution in [0.4, 0.5) is 4.39 Å². The third-order valence-corrected chi connectivity index (χ3v) is 15.6. The minimum Gasteiger partial charge on any atom is -0.493 e. The number of carbonyl (C=O) groups is 2. The number of halogens is 2. The van der Waals surface area contributed by atoms with Crippen molar-refractivity contribution in [2.45, 2.75) is 89.9 Å². The van der Waals surface area contributed by atoms with Gasteiger partial charge in [-0.25, -0.2) is 4.39 Å². The van der Waals surface area contributed by atoms with Gasteiger partial charge in [-0.15, -0.1) is 0 Å². The molecule has 3 aromatic carbocycles. The lowest BCUT2D eigenvalue weighted by Crippen LogP contribution is -2.67. The predicted octanol–water partition coefficient (Wildman–Crippen LogP) is 8.47. The van der Waals surface area contributed by atoms with Crippen LogP contribution in [0.3, 0.4) is 0 Å². The molecule has 2 bridgehead atoms. The summed E-state index contributed by atoms with van der Waals surface area (Å²) in [5.74, 6) is 0.304. The third-order valence-electron chi connectivity index (χ3n) is 15.2. The van der Waals surface area contributed by atoms with Crippen molar-refractivity contribution in [1.29, 1.82) is 0 Å². The highest BCUT2D eigenvalue weighted by Crippen LogP contribution is 2.78. The zero-order valence-corrected chi connectivity index (χ0v) is 33.6. The normalized spacial score (nSPS) is 33.9. The second-order valence-electron chi connectivity index (χ2n) is 17.7. The van der Waals surface area contributed by atoms with Gasteiger partial charge >= 0.3 is 0 Å². The molecule has 8 atom stereocenters. The lowest BCUT2D eigenvalue weighted by Gasteiger charge is -2.71. The fourth-order valence-electron chi connectivity index (χ4n) is 12.2. The number of fused-ring (bicyclic) bond motifs is 1. The molecule has 0 radical (unpaired) electrons. The van der Waals surface area contributed by atoms with E-state index in [-0.39, 0.29) is 58.9 Å². The molecular formula is C47H53ClFNO6. The van der Waals surface area contributed by atoms with Crippen molar-refractivity contribution < 1.29 is 33.7 Å². The van der Waals surface area contributed by atoms with Gasteiger partial charge in [0, 0.05) is 45.4 Å². The fraction of sp³-hybridized carbons (Fsp3) is 0.489. The lowest BCUT2D eigenvalue weighted by atomic mass is 9.32.